The van der Waals surface area contributed by atoms with Crippen molar-refractivity contribution in [3.63, 3.8) is 0 Å². The van der Waals surface area contributed by atoms with Crippen molar-refractivity contribution in [3.05, 3.63) is 76.8 Å². The minimum atomic E-state index is -0.149. The summed E-state index contributed by atoms with van der Waals surface area (Å²) in [6, 6.07) is 16.9. The summed E-state index contributed by atoms with van der Waals surface area (Å²) in [7, 11) is 0. The molecule has 0 saturated carbocycles. The van der Waals surface area contributed by atoms with E-state index >= 15 is 0 Å². The van der Waals surface area contributed by atoms with Gasteiger partial charge in [-0.15, -0.1) is 0 Å². The highest BCUT2D eigenvalue weighted by atomic mass is 32.1. The maximum atomic E-state index is 5.86. The fourth-order valence-corrected chi connectivity index (χ4v) is 4.60. The number of hydrogen-bond donors (Lipinski definition) is 1. The monoisotopic (exact) mass is 474 g/mol. The lowest BCUT2D eigenvalue weighted by atomic mass is 9.93. The molecule has 1 N–H and O–H groups in total. The first-order valence-electron chi connectivity index (χ1n) is 12.2. The Morgan fingerprint density at radius 2 is 1.62 bits per heavy atom. The van der Waals surface area contributed by atoms with Crippen LogP contribution in [0.3, 0.4) is 0 Å². The van der Waals surface area contributed by atoms with Crippen LogP contribution < -0.4 is 5.32 Å². The molecule has 6 heteroatoms. The Morgan fingerprint density at radius 1 is 1.00 bits per heavy atom. The third-order valence-electron chi connectivity index (χ3n) is 6.52. The van der Waals surface area contributed by atoms with Gasteiger partial charge in [0.2, 0.25) is 5.82 Å². The van der Waals surface area contributed by atoms with Crippen molar-refractivity contribution in [1.29, 1.82) is 0 Å². The van der Waals surface area contributed by atoms with E-state index in [-0.39, 0.29) is 6.04 Å². The van der Waals surface area contributed by atoms with Gasteiger partial charge in [-0.2, -0.15) is 4.98 Å². The molecule has 4 rings (SSSR count). The number of aryl methyl sites for hydroxylation is 2. The molecule has 5 nitrogen and oxygen atoms in total. The van der Waals surface area contributed by atoms with Crippen LogP contribution in [-0.2, 0) is 12.8 Å². The molecule has 0 aliphatic carbocycles. The summed E-state index contributed by atoms with van der Waals surface area (Å²) in [4.78, 5) is 7.00. The predicted octanol–water partition coefficient (Wildman–Crippen LogP) is 6.57. The molecule has 1 aliphatic rings. The van der Waals surface area contributed by atoms with Crippen LogP contribution in [0.25, 0.3) is 17.0 Å². The molecule has 3 aromatic rings. The topological polar surface area (TPSA) is 54.2 Å². The van der Waals surface area contributed by atoms with E-state index in [0.29, 0.717) is 17.6 Å². The van der Waals surface area contributed by atoms with Gasteiger partial charge in [0.05, 0.1) is 11.6 Å². The van der Waals surface area contributed by atoms with Crippen LogP contribution >= 0.6 is 12.2 Å². The van der Waals surface area contributed by atoms with E-state index in [2.05, 4.69) is 98.5 Å². The predicted molar refractivity (Wildman–Crippen MR) is 142 cm³/mol. The van der Waals surface area contributed by atoms with Crippen molar-refractivity contribution in [2.24, 2.45) is 5.92 Å². The average molecular weight is 475 g/mol. The van der Waals surface area contributed by atoms with E-state index in [9.17, 15) is 0 Å². The smallest absolute Gasteiger partial charge is 0.258 e. The number of aromatic nitrogens is 2. The average Bonchev–Trinajstić information content (AvgIpc) is 3.33. The van der Waals surface area contributed by atoms with E-state index < -0.39 is 0 Å². The zero-order valence-electron chi connectivity index (χ0n) is 20.8. The van der Waals surface area contributed by atoms with Crippen LogP contribution in [0.15, 0.2) is 58.8 Å². The Kier molecular flexibility index (Phi) is 7.47. The number of allylic oxidation sites excluding steroid dienone is 1. The molecule has 0 saturated heterocycles. The van der Waals surface area contributed by atoms with Crippen LogP contribution in [0.4, 0.5) is 0 Å². The van der Waals surface area contributed by atoms with Gasteiger partial charge in [0.1, 0.15) is 0 Å². The molecule has 2 aromatic carbocycles. The number of benzene rings is 2. The molecule has 0 spiro atoms. The number of hydrogen-bond acceptors (Lipinski definition) is 4. The first kappa shape index (κ1) is 24.1. The molecule has 178 valence electrons. The van der Waals surface area contributed by atoms with Crippen molar-refractivity contribution < 1.29 is 4.52 Å². The highest BCUT2D eigenvalue weighted by Gasteiger charge is 2.34. The summed E-state index contributed by atoms with van der Waals surface area (Å²) in [5.74, 6) is 1.71. The van der Waals surface area contributed by atoms with E-state index in [4.69, 9.17) is 21.7 Å². The largest absolute Gasteiger partial charge is 0.351 e. The van der Waals surface area contributed by atoms with Crippen LogP contribution in [0.5, 0.6) is 0 Å². The molecule has 1 aliphatic heterocycles. The fraction of sp³-hybridized carbons (Fsp3) is 0.393. The maximum Gasteiger partial charge on any atom is 0.258 e. The molecule has 0 amide bonds. The summed E-state index contributed by atoms with van der Waals surface area (Å²) >= 11 is 5.80. The number of rotatable bonds is 8. The minimum absolute atomic E-state index is 0.149. The molecular weight excluding hydrogens is 440 g/mol. The first-order valence-corrected chi connectivity index (χ1v) is 12.6. The molecule has 1 atom stereocenters. The van der Waals surface area contributed by atoms with Gasteiger partial charge in [0.25, 0.3) is 5.89 Å². The van der Waals surface area contributed by atoms with Crippen LogP contribution in [0.2, 0.25) is 0 Å². The van der Waals surface area contributed by atoms with Crippen molar-refractivity contribution in [1.82, 2.24) is 20.4 Å². The zero-order chi connectivity index (χ0) is 24.2. The Hall–Kier alpha value is -2.99. The van der Waals surface area contributed by atoms with Gasteiger partial charge in [-0.1, -0.05) is 81.4 Å². The van der Waals surface area contributed by atoms with Crippen LogP contribution in [0.1, 0.15) is 69.7 Å². The fourth-order valence-electron chi connectivity index (χ4n) is 4.25. The lowest BCUT2D eigenvalue weighted by molar-refractivity contribution is 0.390. The summed E-state index contributed by atoms with van der Waals surface area (Å²) in [6.45, 7) is 11.7. The maximum absolute atomic E-state index is 5.86. The number of nitrogens with zero attached hydrogens (tertiary/aromatic N) is 3. The standard InChI is InChI=1S/C28H34N4OS/c1-6-20-8-12-22(13-9-20)25-24(19(5)32(28(34)29-25)17-16-18(3)4)27-30-26(31-33-27)23-14-10-21(7-2)11-15-23/h8-15,18,25H,6-7,16-17H2,1-5H3,(H,29,34). The molecule has 0 bridgehead atoms. The van der Waals surface area contributed by atoms with Crippen LogP contribution in [0, 0.1) is 5.92 Å². The van der Waals surface area contributed by atoms with Gasteiger partial charge in [0.15, 0.2) is 5.11 Å². The Bertz CT molecular complexity index is 1160. The van der Waals surface area contributed by atoms with Gasteiger partial charge in [-0.05, 0) is 61.0 Å². The first-order chi connectivity index (χ1) is 16.4. The van der Waals surface area contributed by atoms with Crippen LogP contribution in [-0.4, -0.2) is 26.7 Å². The lowest BCUT2D eigenvalue weighted by Crippen LogP contribution is -2.46. The molecule has 0 radical (unpaired) electrons. The number of nitrogens with one attached hydrogen (secondary N) is 1. The van der Waals surface area contributed by atoms with Crippen molar-refractivity contribution >= 4 is 22.9 Å². The summed E-state index contributed by atoms with van der Waals surface area (Å²) in [5, 5.41) is 8.62. The van der Waals surface area contributed by atoms with E-state index in [1.165, 1.54) is 11.1 Å². The summed E-state index contributed by atoms with van der Waals surface area (Å²) in [6.07, 6.45) is 3.05. The van der Waals surface area contributed by atoms with E-state index in [1.807, 2.05) is 0 Å². The Balaban J connectivity index is 1.75. The molecule has 0 fully saturated rings. The van der Waals surface area contributed by atoms with E-state index in [0.717, 1.165) is 53.3 Å². The SMILES string of the molecule is CCc1ccc(-c2noc(C3=C(C)N(CCC(C)C)C(=S)NC3c3ccc(CC)cc3)n2)cc1. The molecule has 2 heterocycles. The zero-order valence-corrected chi connectivity index (χ0v) is 21.6. The Labute approximate surface area is 208 Å². The van der Waals surface area contributed by atoms with E-state index in [1.54, 1.807) is 0 Å². The van der Waals surface area contributed by atoms with Gasteiger partial charge in [0, 0.05) is 17.8 Å². The van der Waals surface area contributed by atoms with Crippen molar-refractivity contribution in [2.75, 3.05) is 6.54 Å². The molecular formula is C28H34N4OS. The highest BCUT2D eigenvalue weighted by molar-refractivity contribution is 7.80. The summed E-state index contributed by atoms with van der Waals surface area (Å²) in [5.41, 5.74) is 6.71. The van der Waals surface area contributed by atoms with Crippen molar-refractivity contribution in [3.8, 4) is 11.4 Å². The van der Waals surface area contributed by atoms with Gasteiger partial charge >= 0.3 is 0 Å². The second-order valence-corrected chi connectivity index (χ2v) is 9.67. The normalized spacial score (nSPS) is 16.4. The van der Waals surface area contributed by atoms with Gasteiger partial charge in [-0.3, -0.25) is 0 Å². The third-order valence-corrected chi connectivity index (χ3v) is 6.86. The second-order valence-electron chi connectivity index (χ2n) is 9.28. The molecule has 34 heavy (non-hydrogen) atoms. The lowest BCUT2D eigenvalue weighted by Gasteiger charge is -2.37. The Morgan fingerprint density at radius 3 is 2.21 bits per heavy atom. The molecule has 1 unspecified atom stereocenters. The number of thiocarbonyl (C=S) groups is 1. The van der Waals surface area contributed by atoms with Gasteiger partial charge in [-0.25, -0.2) is 0 Å². The quantitative estimate of drug-likeness (QED) is 0.373. The minimum Gasteiger partial charge on any atom is -0.351 e. The molecule has 1 aromatic heterocycles. The third kappa shape index (κ3) is 5.07. The van der Waals surface area contributed by atoms with Crippen molar-refractivity contribution in [2.45, 2.75) is 59.9 Å². The second kappa shape index (κ2) is 10.5. The van der Waals surface area contributed by atoms with Gasteiger partial charge < -0.3 is 14.7 Å². The summed E-state index contributed by atoms with van der Waals surface area (Å²) < 4.78 is 5.86. The highest BCUT2D eigenvalue weighted by Crippen LogP contribution is 2.37.